The zero-order valence-electron chi connectivity index (χ0n) is 20.3. The lowest BCUT2D eigenvalue weighted by Gasteiger charge is -2.40. The summed E-state index contributed by atoms with van der Waals surface area (Å²) in [6, 6.07) is 8.63. The van der Waals surface area contributed by atoms with Crippen molar-refractivity contribution in [2.24, 2.45) is 17.3 Å². The first-order valence-corrected chi connectivity index (χ1v) is 13.0. The number of alkyl halides is 4. The smallest absolute Gasteiger partial charge is 0.416 e. The largest absolute Gasteiger partial charge is 0.481 e. The Kier molecular flexibility index (Phi) is 9.83. The standard InChI is InChI=1S/C26H27BrClF4NO5/c1-25(11-28,12-34)13-38-17-9-18(14-2-5-16(27)6-3-14)22(24(36)37)19(10-17)23(35)33-21-7-4-15(8-20(21)29)26(30,31)32/h2-8,17-19,22,34H,9-13H2,1H3,(H,33,35)(H,36,37)/t17-,18-,19-,22-,25?/m1/s1. The van der Waals surface area contributed by atoms with E-state index in [1.807, 2.05) is 0 Å². The van der Waals surface area contributed by atoms with Crippen LogP contribution in [0, 0.1) is 23.1 Å². The monoisotopic (exact) mass is 623 g/mol. The molecule has 2 aromatic carbocycles. The average Bonchev–Trinajstić information content (AvgIpc) is 2.87. The number of aliphatic hydroxyl groups excluding tert-OH is 1. The summed E-state index contributed by atoms with van der Waals surface area (Å²) in [5.41, 5.74) is -1.83. The van der Waals surface area contributed by atoms with Gasteiger partial charge in [0.15, 0.2) is 0 Å². The van der Waals surface area contributed by atoms with Crippen molar-refractivity contribution >= 4 is 45.1 Å². The molecule has 1 unspecified atom stereocenters. The number of carbonyl (C=O) groups excluding carboxylic acids is 1. The first-order chi connectivity index (χ1) is 17.8. The molecule has 1 amide bonds. The van der Waals surface area contributed by atoms with Crippen LogP contribution in [0.3, 0.4) is 0 Å². The summed E-state index contributed by atoms with van der Waals surface area (Å²) < 4.78 is 60.0. The van der Waals surface area contributed by atoms with Crippen LogP contribution in [0.5, 0.6) is 0 Å². The van der Waals surface area contributed by atoms with Crippen LogP contribution in [0.4, 0.5) is 23.2 Å². The summed E-state index contributed by atoms with van der Waals surface area (Å²) in [4.78, 5) is 25.8. The molecule has 38 heavy (non-hydrogen) atoms. The van der Waals surface area contributed by atoms with Crippen molar-refractivity contribution in [3.8, 4) is 0 Å². The van der Waals surface area contributed by atoms with Gasteiger partial charge in [0.2, 0.25) is 5.91 Å². The molecule has 1 aliphatic rings. The number of carboxylic acid groups (broad SMARTS) is 1. The first-order valence-electron chi connectivity index (χ1n) is 11.7. The highest BCUT2D eigenvalue weighted by atomic mass is 79.9. The molecule has 0 saturated heterocycles. The van der Waals surface area contributed by atoms with Gasteiger partial charge in [0.05, 0.1) is 42.4 Å². The zero-order valence-corrected chi connectivity index (χ0v) is 22.6. The maximum atomic E-state index is 14.5. The Bertz CT molecular complexity index is 1140. The summed E-state index contributed by atoms with van der Waals surface area (Å²) in [7, 11) is 0. The van der Waals surface area contributed by atoms with Crippen molar-refractivity contribution < 1.29 is 42.1 Å². The predicted molar refractivity (Wildman–Crippen MR) is 136 cm³/mol. The molecule has 1 saturated carbocycles. The SMILES string of the molecule is CC(CO)(CCl)CO[C@@H]1C[C@H](c2ccc(Br)cc2)[C@@H](C(=O)O)[C@H](C(=O)Nc2ccc(C(F)(F)F)cc2F)C1. The topological polar surface area (TPSA) is 95.9 Å². The van der Waals surface area contributed by atoms with Crippen LogP contribution in [0.1, 0.15) is 36.8 Å². The molecule has 3 rings (SSSR count). The summed E-state index contributed by atoms with van der Waals surface area (Å²) in [6.45, 7) is 1.51. The maximum absolute atomic E-state index is 14.5. The number of carbonyl (C=O) groups is 2. The zero-order chi connectivity index (χ0) is 28.3. The number of halogens is 6. The molecule has 2 aromatic rings. The summed E-state index contributed by atoms with van der Waals surface area (Å²) in [6.07, 6.45) is -5.17. The fraction of sp³-hybridized carbons (Fsp3) is 0.462. The Morgan fingerprint density at radius 1 is 1.16 bits per heavy atom. The molecule has 1 aliphatic carbocycles. The normalized spacial score (nSPS) is 23.5. The van der Waals surface area contributed by atoms with E-state index in [-0.39, 0.29) is 38.0 Å². The first kappa shape index (κ1) is 30.3. The van der Waals surface area contributed by atoms with Crippen LogP contribution in [0.2, 0.25) is 0 Å². The van der Waals surface area contributed by atoms with Crippen molar-refractivity contribution in [1.82, 2.24) is 0 Å². The van der Waals surface area contributed by atoms with E-state index in [0.29, 0.717) is 11.6 Å². The van der Waals surface area contributed by atoms with Crippen molar-refractivity contribution in [3.63, 3.8) is 0 Å². The number of aliphatic hydroxyl groups is 1. The molecule has 3 N–H and O–H groups in total. The van der Waals surface area contributed by atoms with E-state index in [2.05, 4.69) is 21.2 Å². The number of carboxylic acids is 1. The van der Waals surface area contributed by atoms with Crippen molar-refractivity contribution in [3.05, 3.63) is 63.9 Å². The minimum Gasteiger partial charge on any atom is -0.481 e. The summed E-state index contributed by atoms with van der Waals surface area (Å²) in [5.74, 6) is -6.37. The van der Waals surface area contributed by atoms with Gasteiger partial charge in [0.1, 0.15) is 5.82 Å². The summed E-state index contributed by atoms with van der Waals surface area (Å²) >= 11 is 9.30. The van der Waals surface area contributed by atoms with Gasteiger partial charge in [-0.15, -0.1) is 11.6 Å². The second-order valence-corrected chi connectivity index (χ2v) is 11.0. The van der Waals surface area contributed by atoms with E-state index in [0.717, 1.165) is 10.5 Å². The van der Waals surface area contributed by atoms with Gasteiger partial charge < -0.3 is 20.3 Å². The number of nitrogens with one attached hydrogen (secondary N) is 1. The molecule has 0 spiro atoms. The van der Waals surface area contributed by atoms with Gasteiger partial charge in [0.25, 0.3) is 0 Å². The predicted octanol–water partition coefficient (Wildman–Crippen LogP) is 6.06. The van der Waals surface area contributed by atoms with E-state index in [1.54, 1.807) is 31.2 Å². The van der Waals surface area contributed by atoms with E-state index >= 15 is 0 Å². The molecule has 208 valence electrons. The van der Waals surface area contributed by atoms with Gasteiger partial charge in [-0.25, -0.2) is 4.39 Å². The third kappa shape index (κ3) is 7.25. The van der Waals surface area contributed by atoms with Crippen LogP contribution in [0.25, 0.3) is 0 Å². The highest BCUT2D eigenvalue weighted by Gasteiger charge is 2.47. The Labute approximate surface area is 230 Å². The Morgan fingerprint density at radius 3 is 2.34 bits per heavy atom. The Hall–Kier alpha value is -2.21. The van der Waals surface area contributed by atoms with Gasteiger partial charge in [-0.3, -0.25) is 9.59 Å². The highest BCUT2D eigenvalue weighted by Crippen LogP contribution is 2.44. The lowest BCUT2D eigenvalue weighted by Crippen LogP contribution is -2.45. The molecular formula is C26H27BrClF4NO5. The molecule has 6 nitrogen and oxygen atoms in total. The molecule has 5 atom stereocenters. The van der Waals surface area contributed by atoms with Crippen LogP contribution < -0.4 is 5.32 Å². The fourth-order valence-electron chi connectivity index (χ4n) is 4.50. The summed E-state index contributed by atoms with van der Waals surface area (Å²) in [5, 5.41) is 22.1. The molecule has 0 radical (unpaired) electrons. The lowest BCUT2D eigenvalue weighted by atomic mass is 9.67. The molecule has 0 heterocycles. The minimum atomic E-state index is -4.77. The Balaban J connectivity index is 1.93. The molecular weight excluding hydrogens is 598 g/mol. The quantitative estimate of drug-likeness (QED) is 0.233. The number of hydrogen-bond donors (Lipinski definition) is 3. The van der Waals surface area contributed by atoms with E-state index < -0.39 is 64.4 Å². The van der Waals surface area contributed by atoms with Crippen molar-refractivity contribution in [2.75, 3.05) is 24.4 Å². The minimum absolute atomic E-state index is 0.0398. The van der Waals surface area contributed by atoms with Crippen LogP contribution in [-0.4, -0.2) is 47.3 Å². The third-order valence-electron chi connectivity index (χ3n) is 6.75. The number of benzene rings is 2. The number of anilines is 1. The van der Waals surface area contributed by atoms with E-state index in [4.69, 9.17) is 16.3 Å². The average molecular weight is 625 g/mol. The third-order valence-corrected chi connectivity index (χ3v) is 7.92. The van der Waals surface area contributed by atoms with Gasteiger partial charge in [-0.2, -0.15) is 13.2 Å². The van der Waals surface area contributed by atoms with Gasteiger partial charge >= 0.3 is 12.1 Å². The molecule has 0 aromatic heterocycles. The number of hydrogen-bond acceptors (Lipinski definition) is 4. The molecule has 1 fully saturated rings. The number of ether oxygens (including phenoxy) is 1. The van der Waals surface area contributed by atoms with Gasteiger partial charge in [-0.1, -0.05) is 35.0 Å². The molecule has 0 aliphatic heterocycles. The van der Waals surface area contributed by atoms with Crippen LogP contribution >= 0.6 is 27.5 Å². The number of aliphatic carboxylic acids is 1. The second-order valence-electron chi connectivity index (χ2n) is 9.82. The van der Waals surface area contributed by atoms with Crippen LogP contribution in [0.15, 0.2) is 46.9 Å². The lowest BCUT2D eigenvalue weighted by molar-refractivity contribution is -0.152. The van der Waals surface area contributed by atoms with E-state index in [1.165, 1.54) is 0 Å². The fourth-order valence-corrected chi connectivity index (χ4v) is 4.93. The number of amides is 1. The van der Waals surface area contributed by atoms with Crippen molar-refractivity contribution in [2.45, 2.75) is 38.0 Å². The molecule has 12 heteroatoms. The van der Waals surface area contributed by atoms with Crippen LogP contribution in [-0.2, 0) is 20.5 Å². The van der Waals surface area contributed by atoms with Crippen molar-refractivity contribution in [1.29, 1.82) is 0 Å². The van der Waals surface area contributed by atoms with Gasteiger partial charge in [0, 0.05) is 21.7 Å². The molecule has 0 bridgehead atoms. The maximum Gasteiger partial charge on any atom is 0.416 e. The second kappa shape index (κ2) is 12.3. The number of rotatable bonds is 9. The highest BCUT2D eigenvalue weighted by molar-refractivity contribution is 9.10. The van der Waals surface area contributed by atoms with Gasteiger partial charge in [-0.05, 0) is 48.7 Å². The Morgan fingerprint density at radius 2 is 1.82 bits per heavy atom. The van der Waals surface area contributed by atoms with E-state index in [9.17, 15) is 37.4 Å².